The number of fused-ring (bicyclic) bond motifs is 2. The molecular formula is C20H26N3NaO3S. The van der Waals surface area contributed by atoms with Crippen molar-refractivity contribution in [3.8, 4) is 0 Å². The minimum atomic E-state index is -3.96. The molecule has 1 heterocycles. The molecule has 8 heteroatoms. The molecule has 6 nitrogen and oxygen atoms in total. The smallest absolute Gasteiger partial charge is 0.423 e. The SMILES string of the molecule is CN1CCC1(C)/C=C/S(=O)(=O)[N-]C(=O)Nc1c2c(cc3c1CCC3)CCC2.[Na+]. The molecule has 1 fully saturated rings. The van der Waals surface area contributed by atoms with Gasteiger partial charge in [0, 0.05) is 17.5 Å². The van der Waals surface area contributed by atoms with E-state index in [0.717, 1.165) is 73.7 Å². The van der Waals surface area contributed by atoms with Gasteiger partial charge in [0.1, 0.15) is 0 Å². The second-order valence-electron chi connectivity index (χ2n) is 8.10. The van der Waals surface area contributed by atoms with E-state index >= 15 is 0 Å². The fraction of sp³-hybridized carbons (Fsp3) is 0.550. The number of hydrogen-bond donors (Lipinski definition) is 1. The Balaban J connectivity index is 0.00000225. The van der Waals surface area contributed by atoms with Crippen molar-refractivity contribution in [3.63, 3.8) is 0 Å². The molecule has 3 aliphatic rings. The molecule has 4 rings (SSSR count). The van der Waals surface area contributed by atoms with Crippen LogP contribution < -0.4 is 34.9 Å². The Labute approximate surface area is 189 Å². The zero-order valence-electron chi connectivity index (χ0n) is 16.9. The average molecular weight is 412 g/mol. The van der Waals surface area contributed by atoms with E-state index in [-0.39, 0.29) is 35.1 Å². The van der Waals surface area contributed by atoms with Crippen molar-refractivity contribution in [1.29, 1.82) is 0 Å². The predicted molar refractivity (Wildman–Crippen MR) is 107 cm³/mol. The number of nitrogens with one attached hydrogen (secondary N) is 1. The molecule has 1 atom stereocenters. The fourth-order valence-electron chi connectivity index (χ4n) is 4.37. The number of benzene rings is 1. The molecule has 28 heavy (non-hydrogen) atoms. The van der Waals surface area contributed by atoms with Crippen LogP contribution in [0.3, 0.4) is 0 Å². The Bertz CT molecular complexity index is 897. The number of sulfonamides is 1. The summed E-state index contributed by atoms with van der Waals surface area (Å²) in [5.41, 5.74) is 5.44. The summed E-state index contributed by atoms with van der Waals surface area (Å²) < 4.78 is 28.0. The van der Waals surface area contributed by atoms with Crippen molar-refractivity contribution in [1.82, 2.24) is 4.90 Å². The van der Waals surface area contributed by atoms with Gasteiger partial charge >= 0.3 is 29.6 Å². The molecule has 1 aliphatic heterocycles. The maximum atomic E-state index is 12.4. The number of carbonyl (C=O) groups excluding carboxylic acids is 1. The second kappa shape index (κ2) is 8.11. The Kier molecular flexibility index (Phi) is 6.32. The van der Waals surface area contributed by atoms with Gasteiger partial charge in [-0.15, -0.1) is 0 Å². The zero-order chi connectivity index (χ0) is 19.2. The van der Waals surface area contributed by atoms with E-state index in [1.807, 2.05) is 14.0 Å². The first-order valence-electron chi connectivity index (χ1n) is 9.63. The van der Waals surface area contributed by atoms with Gasteiger partial charge in [0.05, 0.1) is 0 Å². The summed E-state index contributed by atoms with van der Waals surface area (Å²) in [4.78, 5) is 14.5. The van der Waals surface area contributed by atoms with E-state index in [9.17, 15) is 13.2 Å². The standard InChI is InChI=1S/C20H27N3O3S.Na/c1-20(9-11-23(20)2)10-12-27(25,26)22-19(24)21-18-16-7-3-5-14(16)13-15-6-4-8-17(15)18;/h10,12-13H,3-9,11H2,1-2H3,(H2,21,22,24);/q;+1/p-1/b12-10+;. The Morgan fingerprint density at radius 1 is 1.18 bits per heavy atom. The first kappa shape index (κ1) is 21.8. The molecule has 1 aromatic carbocycles. The van der Waals surface area contributed by atoms with Crippen LogP contribution in [0.1, 0.15) is 48.4 Å². The minimum absolute atomic E-state index is 0. The number of hydrogen-bond acceptors (Lipinski definition) is 4. The van der Waals surface area contributed by atoms with Crippen molar-refractivity contribution in [2.24, 2.45) is 0 Å². The number of rotatable bonds is 4. The number of likely N-dealkylation sites (N-methyl/N-ethyl adjacent to an activating group) is 1. The third-order valence-corrected chi connectivity index (χ3v) is 7.24. The van der Waals surface area contributed by atoms with Gasteiger partial charge in [-0.25, -0.2) is 8.42 Å². The Morgan fingerprint density at radius 3 is 2.29 bits per heavy atom. The molecule has 146 valence electrons. The molecule has 1 N–H and O–H groups in total. The third kappa shape index (κ3) is 4.19. The molecule has 0 saturated carbocycles. The normalized spacial score (nSPS) is 23.6. The van der Waals surface area contributed by atoms with Crippen LogP contribution in [0.15, 0.2) is 17.6 Å². The molecule has 1 unspecified atom stereocenters. The molecule has 0 bridgehead atoms. The molecule has 0 radical (unpaired) electrons. The summed E-state index contributed by atoms with van der Waals surface area (Å²) in [6.07, 6.45) is 8.57. The maximum Gasteiger partial charge on any atom is 1.00 e. The average Bonchev–Trinajstić information content (AvgIpc) is 3.26. The number of carbonyl (C=O) groups is 1. The molecule has 1 saturated heterocycles. The van der Waals surface area contributed by atoms with Gasteiger partial charge in [0.2, 0.25) is 0 Å². The van der Waals surface area contributed by atoms with Crippen LogP contribution >= 0.6 is 0 Å². The van der Waals surface area contributed by atoms with Crippen LogP contribution in [-0.4, -0.2) is 38.5 Å². The van der Waals surface area contributed by atoms with Crippen LogP contribution in [0.25, 0.3) is 4.72 Å². The van der Waals surface area contributed by atoms with E-state index < -0.39 is 16.1 Å². The van der Waals surface area contributed by atoms with E-state index in [0.29, 0.717) is 0 Å². The van der Waals surface area contributed by atoms with E-state index in [1.54, 1.807) is 6.08 Å². The van der Waals surface area contributed by atoms with E-state index in [4.69, 9.17) is 0 Å². The van der Waals surface area contributed by atoms with Crippen LogP contribution in [0.2, 0.25) is 0 Å². The Morgan fingerprint density at radius 2 is 1.79 bits per heavy atom. The summed E-state index contributed by atoms with van der Waals surface area (Å²) >= 11 is 0. The number of likely N-dealkylation sites (tertiary alicyclic amines) is 1. The molecule has 0 spiro atoms. The van der Waals surface area contributed by atoms with Crippen molar-refractivity contribution >= 4 is 21.7 Å². The molecule has 2 aliphatic carbocycles. The first-order chi connectivity index (χ1) is 12.8. The van der Waals surface area contributed by atoms with Gasteiger partial charge in [0.25, 0.3) is 0 Å². The number of amides is 2. The summed E-state index contributed by atoms with van der Waals surface area (Å²) in [6.45, 7) is 2.90. The zero-order valence-corrected chi connectivity index (χ0v) is 19.7. The molecule has 1 aromatic rings. The Hall–Kier alpha value is -0.860. The van der Waals surface area contributed by atoms with E-state index in [1.165, 1.54) is 11.1 Å². The summed E-state index contributed by atoms with van der Waals surface area (Å²) in [7, 11) is -2.01. The van der Waals surface area contributed by atoms with Crippen molar-refractivity contribution in [2.75, 3.05) is 18.9 Å². The quantitative estimate of drug-likeness (QED) is 0.733. The number of urea groups is 1. The van der Waals surface area contributed by atoms with Crippen molar-refractivity contribution < 1.29 is 42.8 Å². The molecule has 0 aromatic heterocycles. The number of nitrogens with zero attached hydrogens (tertiary/aromatic N) is 2. The first-order valence-corrected chi connectivity index (χ1v) is 11.1. The van der Waals surface area contributed by atoms with Crippen molar-refractivity contribution in [3.05, 3.63) is 44.5 Å². The molecule has 2 amide bonds. The summed E-state index contributed by atoms with van der Waals surface area (Å²) in [6, 6.07) is 1.47. The van der Waals surface area contributed by atoms with E-state index in [2.05, 4.69) is 21.0 Å². The maximum absolute atomic E-state index is 12.4. The monoisotopic (exact) mass is 411 g/mol. The second-order valence-corrected chi connectivity index (χ2v) is 9.59. The van der Waals surface area contributed by atoms with Gasteiger partial charge < -0.3 is 10.0 Å². The van der Waals surface area contributed by atoms with Gasteiger partial charge in [-0.3, -0.25) is 9.69 Å². The number of aryl methyl sites for hydroxylation is 2. The van der Waals surface area contributed by atoms with Gasteiger partial charge in [-0.2, -0.15) is 0 Å². The number of anilines is 1. The summed E-state index contributed by atoms with van der Waals surface area (Å²) in [5, 5.41) is 3.86. The topological polar surface area (TPSA) is 80.6 Å². The molecular weight excluding hydrogens is 385 g/mol. The van der Waals surface area contributed by atoms with Gasteiger partial charge in [-0.1, -0.05) is 12.1 Å². The van der Waals surface area contributed by atoms with Crippen LogP contribution in [0.5, 0.6) is 0 Å². The fourth-order valence-corrected chi connectivity index (χ4v) is 5.18. The van der Waals surface area contributed by atoms with Crippen molar-refractivity contribution in [2.45, 2.75) is 57.4 Å². The van der Waals surface area contributed by atoms with Gasteiger partial charge in [-0.05, 0) is 86.9 Å². The summed E-state index contributed by atoms with van der Waals surface area (Å²) in [5.74, 6) is 0. The van der Waals surface area contributed by atoms with Gasteiger partial charge in [0.15, 0.2) is 16.1 Å². The minimum Gasteiger partial charge on any atom is -0.423 e. The third-order valence-electron chi connectivity index (χ3n) is 6.34. The predicted octanol–water partition coefficient (Wildman–Crippen LogP) is 0.511. The van der Waals surface area contributed by atoms with Crippen LogP contribution in [0, 0.1) is 0 Å². The largest absolute Gasteiger partial charge is 1.00 e. The van der Waals surface area contributed by atoms with Crippen LogP contribution in [-0.2, 0) is 35.7 Å². The van der Waals surface area contributed by atoms with Crippen LogP contribution in [0.4, 0.5) is 10.5 Å².